The quantitative estimate of drug-likeness (QED) is 0.671. The van der Waals surface area contributed by atoms with Crippen LogP contribution in [0.1, 0.15) is 24.3 Å². The lowest BCUT2D eigenvalue weighted by Gasteiger charge is -2.09. The Morgan fingerprint density at radius 1 is 1.19 bits per heavy atom. The first-order chi connectivity index (χ1) is 12.7. The van der Waals surface area contributed by atoms with Crippen LogP contribution in [0.2, 0.25) is 0 Å². The lowest BCUT2D eigenvalue weighted by molar-refractivity contribution is 0.0936. The van der Waals surface area contributed by atoms with Crippen LogP contribution in [0.3, 0.4) is 0 Å². The number of nitrogens with one attached hydrogen (secondary N) is 2. The van der Waals surface area contributed by atoms with Gasteiger partial charge in [-0.3, -0.25) is 4.79 Å². The number of aromatic nitrogens is 1. The molecule has 5 nitrogen and oxygen atoms in total. The van der Waals surface area contributed by atoms with Crippen molar-refractivity contribution in [1.29, 1.82) is 0 Å². The Kier molecular flexibility index (Phi) is 5.30. The summed E-state index contributed by atoms with van der Waals surface area (Å²) < 4.78 is 37.8. The first kappa shape index (κ1) is 19.4. The number of amides is 1. The number of hydrogen-bond acceptors (Lipinski definition) is 4. The van der Waals surface area contributed by atoms with Gasteiger partial charge in [0.05, 0.1) is 9.79 Å². The van der Waals surface area contributed by atoms with E-state index in [0.717, 1.165) is 18.0 Å². The molecule has 0 unspecified atom stereocenters. The summed E-state index contributed by atoms with van der Waals surface area (Å²) in [5, 5.41) is 3.47. The van der Waals surface area contributed by atoms with Crippen molar-refractivity contribution in [3.63, 3.8) is 0 Å². The standard InChI is InChI=1S/C19H19FN2O3S2/c1-11(2)21-19(23)17-18(26-16-7-5-4-6-14(16)20)13-9-8-12(27(3,24)25)10-15(13)22-17/h4-11,22H,1-3H3,(H,21,23). The number of carbonyl (C=O) groups is 1. The largest absolute Gasteiger partial charge is 0.350 e. The number of sulfone groups is 1. The van der Waals surface area contributed by atoms with Crippen molar-refractivity contribution in [3.05, 3.63) is 54.0 Å². The SMILES string of the molecule is CC(C)NC(=O)c1[nH]c2cc(S(C)(=O)=O)ccc2c1Sc1ccccc1F. The van der Waals surface area contributed by atoms with Gasteiger partial charge in [0, 0.05) is 28.1 Å². The molecule has 27 heavy (non-hydrogen) atoms. The summed E-state index contributed by atoms with van der Waals surface area (Å²) in [5.74, 6) is -0.722. The molecule has 1 aromatic heterocycles. The van der Waals surface area contributed by atoms with Gasteiger partial charge >= 0.3 is 0 Å². The van der Waals surface area contributed by atoms with Gasteiger partial charge in [0.1, 0.15) is 11.5 Å². The Bertz CT molecular complexity index is 1120. The molecule has 0 aliphatic carbocycles. The summed E-state index contributed by atoms with van der Waals surface area (Å²) in [6, 6.07) is 10.8. The maximum Gasteiger partial charge on any atom is 0.269 e. The molecule has 1 heterocycles. The maximum atomic E-state index is 14.1. The average molecular weight is 407 g/mol. The Morgan fingerprint density at radius 3 is 2.52 bits per heavy atom. The molecule has 2 N–H and O–H groups in total. The summed E-state index contributed by atoms with van der Waals surface area (Å²) in [6.45, 7) is 3.68. The molecule has 0 atom stereocenters. The van der Waals surface area contributed by atoms with Gasteiger partial charge in [-0.15, -0.1) is 0 Å². The van der Waals surface area contributed by atoms with Crippen molar-refractivity contribution in [3.8, 4) is 0 Å². The highest BCUT2D eigenvalue weighted by Crippen LogP contribution is 2.38. The molecular formula is C19H19FN2O3S2. The number of hydrogen-bond donors (Lipinski definition) is 2. The lowest BCUT2D eigenvalue weighted by atomic mass is 10.2. The van der Waals surface area contributed by atoms with E-state index in [-0.39, 0.29) is 28.4 Å². The molecule has 0 saturated carbocycles. The van der Waals surface area contributed by atoms with Gasteiger partial charge in [-0.1, -0.05) is 30.0 Å². The zero-order chi connectivity index (χ0) is 19.8. The van der Waals surface area contributed by atoms with Gasteiger partial charge in [-0.25, -0.2) is 12.8 Å². The van der Waals surface area contributed by atoms with Crippen LogP contribution in [0.25, 0.3) is 10.9 Å². The second-order valence-electron chi connectivity index (χ2n) is 6.47. The fourth-order valence-corrected chi connectivity index (χ4v) is 4.33. The molecule has 0 fully saturated rings. The van der Waals surface area contributed by atoms with Crippen molar-refractivity contribution in [2.75, 3.05) is 6.26 Å². The highest BCUT2D eigenvalue weighted by Gasteiger charge is 2.21. The topological polar surface area (TPSA) is 79.0 Å². The summed E-state index contributed by atoms with van der Waals surface area (Å²) in [5.41, 5.74) is 0.781. The van der Waals surface area contributed by atoms with Crippen molar-refractivity contribution in [2.45, 2.75) is 34.6 Å². The molecule has 142 valence electrons. The summed E-state index contributed by atoms with van der Waals surface area (Å²) in [7, 11) is -3.39. The van der Waals surface area contributed by atoms with Crippen LogP contribution in [-0.2, 0) is 9.84 Å². The fourth-order valence-electron chi connectivity index (χ4n) is 2.62. The van der Waals surface area contributed by atoms with Gasteiger partial charge in [-0.2, -0.15) is 0 Å². The first-order valence-corrected chi connectivity index (χ1v) is 11.0. The van der Waals surface area contributed by atoms with Crippen LogP contribution < -0.4 is 5.32 Å². The fraction of sp³-hybridized carbons (Fsp3) is 0.211. The monoisotopic (exact) mass is 406 g/mol. The Hall–Kier alpha value is -2.32. The number of H-pyrrole nitrogens is 1. The Labute approximate surface area is 161 Å². The molecular weight excluding hydrogens is 387 g/mol. The number of halogens is 1. The van der Waals surface area contributed by atoms with Crippen LogP contribution in [-0.4, -0.2) is 31.6 Å². The van der Waals surface area contributed by atoms with E-state index >= 15 is 0 Å². The molecule has 0 aliphatic rings. The molecule has 3 rings (SSSR count). The number of benzene rings is 2. The van der Waals surface area contributed by atoms with Crippen molar-refractivity contribution in [1.82, 2.24) is 10.3 Å². The van der Waals surface area contributed by atoms with E-state index in [4.69, 9.17) is 0 Å². The predicted molar refractivity (Wildman–Crippen MR) is 105 cm³/mol. The first-order valence-electron chi connectivity index (χ1n) is 8.26. The van der Waals surface area contributed by atoms with E-state index in [2.05, 4.69) is 10.3 Å². The minimum absolute atomic E-state index is 0.0817. The van der Waals surface area contributed by atoms with Gasteiger partial charge in [0.15, 0.2) is 9.84 Å². The third kappa shape index (κ3) is 4.17. The molecule has 2 aromatic carbocycles. The zero-order valence-electron chi connectivity index (χ0n) is 15.0. The highest BCUT2D eigenvalue weighted by molar-refractivity contribution is 7.99. The molecule has 0 aliphatic heterocycles. The van der Waals surface area contributed by atoms with E-state index in [1.165, 1.54) is 18.2 Å². The van der Waals surface area contributed by atoms with Crippen LogP contribution in [0.15, 0.2) is 57.2 Å². The second-order valence-corrected chi connectivity index (χ2v) is 9.54. The lowest BCUT2D eigenvalue weighted by Crippen LogP contribution is -2.30. The number of rotatable bonds is 5. The van der Waals surface area contributed by atoms with Crippen LogP contribution >= 0.6 is 11.8 Å². The normalized spacial score (nSPS) is 11.9. The van der Waals surface area contributed by atoms with Gasteiger partial charge in [0.25, 0.3) is 5.91 Å². The Balaban J connectivity index is 2.18. The third-order valence-electron chi connectivity index (χ3n) is 3.85. The van der Waals surface area contributed by atoms with Crippen LogP contribution in [0.5, 0.6) is 0 Å². The summed E-state index contributed by atoms with van der Waals surface area (Å²) in [6.07, 6.45) is 1.12. The highest BCUT2D eigenvalue weighted by atomic mass is 32.2. The van der Waals surface area contributed by atoms with Gasteiger partial charge < -0.3 is 10.3 Å². The van der Waals surface area contributed by atoms with E-state index in [1.807, 2.05) is 13.8 Å². The van der Waals surface area contributed by atoms with Crippen LogP contribution in [0.4, 0.5) is 4.39 Å². The predicted octanol–water partition coefficient (Wildman–Crippen LogP) is 4.00. The zero-order valence-corrected chi connectivity index (χ0v) is 16.7. The minimum Gasteiger partial charge on any atom is -0.350 e. The van der Waals surface area contributed by atoms with Crippen molar-refractivity contribution in [2.24, 2.45) is 0 Å². The van der Waals surface area contributed by atoms with Crippen molar-refractivity contribution >= 4 is 38.4 Å². The molecule has 0 radical (unpaired) electrons. The smallest absolute Gasteiger partial charge is 0.269 e. The molecule has 1 amide bonds. The number of carbonyl (C=O) groups excluding carboxylic acids is 1. The van der Waals surface area contributed by atoms with Crippen LogP contribution in [0, 0.1) is 5.82 Å². The number of aromatic amines is 1. The van der Waals surface area contributed by atoms with E-state index < -0.39 is 9.84 Å². The van der Waals surface area contributed by atoms with Crippen molar-refractivity contribution < 1.29 is 17.6 Å². The van der Waals surface area contributed by atoms with E-state index in [9.17, 15) is 17.6 Å². The Morgan fingerprint density at radius 2 is 1.89 bits per heavy atom. The summed E-state index contributed by atoms with van der Waals surface area (Å²) in [4.78, 5) is 16.7. The maximum absolute atomic E-state index is 14.1. The minimum atomic E-state index is -3.39. The second kappa shape index (κ2) is 7.36. The third-order valence-corrected chi connectivity index (χ3v) is 6.14. The molecule has 0 bridgehead atoms. The van der Waals surface area contributed by atoms with Gasteiger partial charge in [-0.05, 0) is 38.1 Å². The molecule has 8 heteroatoms. The van der Waals surface area contributed by atoms with E-state index in [1.54, 1.807) is 24.3 Å². The number of fused-ring (bicyclic) bond motifs is 1. The van der Waals surface area contributed by atoms with E-state index in [0.29, 0.717) is 20.7 Å². The summed E-state index contributed by atoms with van der Waals surface area (Å²) >= 11 is 1.13. The molecule has 0 spiro atoms. The van der Waals surface area contributed by atoms with Gasteiger partial charge in [0.2, 0.25) is 0 Å². The average Bonchev–Trinajstić information content (AvgIpc) is 2.93. The molecule has 0 saturated heterocycles. The molecule has 3 aromatic rings.